The quantitative estimate of drug-likeness (QED) is 0.661. The van der Waals surface area contributed by atoms with E-state index in [-0.39, 0.29) is 6.61 Å². The summed E-state index contributed by atoms with van der Waals surface area (Å²) in [6.07, 6.45) is 5.25. The summed E-state index contributed by atoms with van der Waals surface area (Å²) in [5.41, 5.74) is 2.06. The van der Waals surface area contributed by atoms with Crippen molar-refractivity contribution in [1.82, 2.24) is 0 Å². The monoisotopic (exact) mass is 393 g/mol. The van der Waals surface area contributed by atoms with Crippen molar-refractivity contribution in [2.75, 3.05) is 18.5 Å². The molecule has 1 N–H and O–H groups in total. The highest BCUT2D eigenvalue weighted by Gasteiger charge is 2.12. The molecular weight excluding hydrogens is 378 g/mol. The molecule has 0 unspecified atom stereocenters. The van der Waals surface area contributed by atoms with Crippen LogP contribution in [0.4, 0.5) is 5.69 Å². The number of hydrogen-bond donors (Lipinski definition) is 1. The van der Waals surface area contributed by atoms with E-state index < -0.39 is 0 Å². The van der Waals surface area contributed by atoms with Gasteiger partial charge in [-0.25, -0.2) is 0 Å². The Hall–Kier alpha value is -1.83. The van der Waals surface area contributed by atoms with Gasteiger partial charge in [-0.15, -0.1) is 6.42 Å². The summed E-state index contributed by atoms with van der Waals surface area (Å²) in [5, 5.41) is 4.05. The van der Waals surface area contributed by atoms with Crippen LogP contribution in [0.1, 0.15) is 12.5 Å². The first kappa shape index (κ1) is 17.5. The van der Waals surface area contributed by atoms with Crippen molar-refractivity contribution in [1.29, 1.82) is 0 Å². The van der Waals surface area contributed by atoms with E-state index in [1.54, 1.807) is 0 Å². The van der Waals surface area contributed by atoms with Crippen molar-refractivity contribution < 1.29 is 9.47 Å². The number of terminal acetylenes is 1. The van der Waals surface area contributed by atoms with Crippen LogP contribution < -0.4 is 14.8 Å². The maximum Gasteiger partial charge on any atom is 0.176 e. The lowest BCUT2D eigenvalue weighted by Crippen LogP contribution is -2.04. The third kappa shape index (κ3) is 5.09. The summed E-state index contributed by atoms with van der Waals surface area (Å²) in [5.74, 6) is 3.75. The van der Waals surface area contributed by atoms with Gasteiger partial charge < -0.3 is 14.8 Å². The molecule has 0 fully saturated rings. The van der Waals surface area contributed by atoms with Crippen molar-refractivity contribution in [2.24, 2.45) is 0 Å². The molecule has 0 aliphatic heterocycles. The minimum atomic E-state index is 0.195. The molecule has 0 spiro atoms. The highest BCUT2D eigenvalue weighted by atomic mass is 79.9. The van der Waals surface area contributed by atoms with Crippen LogP contribution in [-0.4, -0.2) is 13.2 Å². The predicted molar refractivity (Wildman–Crippen MR) is 98.4 cm³/mol. The molecule has 2 aromatic rings. The van der Waals surface area contributed by atoms with Crippen LogP contribution in [-0.2, 0) is 6.54 Å². The number of anilines is 1. The summed E-state index contributed by atoms with van der Waals surface area (Å²) in [4.78, 5) is 0. The number of rotatable bonds is 7. The molecular formula is C18H17BrClNO2. The van der Waals surface area contributed by atoms with Gasteiger partial charge in [0, 0.05) is 17.3 Å². The van der Waals surface area contributed by atoms with Gasteiger partial charge in [0.2, 0.25) is 0 Å². The SMILES string of the molecule is C#CCOc1c(Br)cc(CNc2ccc(Cl)cc2)cc1OCC. The Morgan fingerprint density at radius 2 is 1.96 bits per heavy atom. The van der Waals surface area contributed by atoms with Gasteiger partial charge in [0.25, 0.3) is 0 Å². The number of hydrogen-bond acceptors (Lipinski definition) is 3. The molecule has 5 heteroatoms. The largest absolute Gasteiger partial charge is 0.490 e. The molecule has 2 aromatic carbocycles. The molecule has 0 heterocycles. The molecule has 0 saturated heterocycles. The van der Waals surface area contributed by atoms with E-state index in [4.69, 9.17) is 27.5 Å². The molecule has 0 aliphatic rings. The third-order valence-electron chi connectivity index (χ3n) is 3.01. The normalized spacial score (nSPS) is 10.0. The van der Waals surface area contributed by atoms with Crippen molar-refractivity contribution >= 4 is 33.2 Å². The highest BCUT2D eigenvalue weighted by Crippen LogP contribution is 2.37. The molecule has 2 rings (SSSR count). The molecule has 0 aliphatic carbocycles. The fourth-order valence-corrected chi connectivity index (χ4v) is 2.74. The van der Waals surface area contributed by atoms with Crippen LogP contribution >= 0.6 is 27.5 Å². The standard InChI is InChI=1S/C18H17BrClNO2/c1-3-9-23-18-16(19)10-13(11-17(18)22-4-2)12-21-15-7-5-14(20)6-8-15/h1,5-8,10-11,21H,4,9,12H2,2H3. The smallest absolute Gasteiger partial charge is 0.176 e. The fourth-order valence-electron chi connectivity index (χ4n) is 2.01. The average Bonchev–Trinajstić information content (AvgIpc) is 2.54. The molecule has 0 amide bonds. The lowest BCUT2D eigenvalue weighted by atomic mass is 10.2. The predicted octanol–water partition coefficient (Wildman–Crippen LogP) is 5.13. The Kier molecular flexibility index (Phi) is 6.64. The van der Waals surface area contributed by atoms with Crippen LogP contribution in [0.15, 0.2) is 40.9 Å². The Labute approximate surface area is 150 Å². The maximum absolute atomic E-state index is 5.89. The van der Waals surface area contributed by atoms with E-state index >= 15 is 0 Å². The lowest BCUT2D eigenvalue weighted by molar-refractivity contribution is 0.297. The minimum absolute atomic E-state index is 0.195. The van der Waals surface area contributed by atoms with Crippen molar-refractivity contribution in [3.05, 3.63) is 51.5 Å². The second-order valence-electron chi connectivity index (χ2n) is 4.69. The second kappa shape index (κ2) is 8.71. The molecule has 0 saturated carbocycles. The van der Waals surface area contributed by atoms with Gasteiger partial charge in [0.15, 0.2) is 11.5 Å². The summed E-state index contributed by atoms with van der Waals surface area (Å²) < 4.78 is 12.0. The topological polar surface area (TPSA) is 30.5 Å². The summed E-state index contributed by atoms with van der Waals surface area (Å²) in [6, 6.07) is 11.5. The van der Waals surface area contributed by atoms with Gasteiger partial charge in [-0.1, -0.05) is 17.5 Å². The molecule has 23 heavy (non-hydrogen) atoms. The minimum Gasteiger partial charge on any atom is -0.490 e. The first-order chi connectivity index (χ1) is 11.1. The molecule has 0 aromatic heterocycles. The van der Waals surface area contributed by atoms with Gasteiger partial charge in [0.05, 0.1) is 11.1 Å². The maximum atomic E-state index is 5.89. The first-order valence-electron chi connectivity index (χ1n) is 7.15. The van der Waals surface area contributed by atoms with Gasteiger partial charge in [-0.05, 0) is 64.8 Å². The zero-order valence-electron chi connectivity index (χ0n) is 12.7. The lowest BCUT2D eigenvalue weighted by Gasteiger charge is -2.15. The van der Waals surface area contributed by atoms with Gasteiger partial charge in [-0.2, -0.15) is 0 Å². The number of ether oxygens (including phenoxy) is 2. The molecule has 0 atom stereocenters. The molecule has 0 radical (unpaired) electrons. The zero-order valence-corrected chi connectivity index (χ0v) is 15.1. The van der Waals surface area contributed by atoms with E-state index in [1.807, 2.05) is 43.3 Å². The Balaban J connectivity index is 2.15. The zero-order chi connectivity index (χ0) is 16.7. The fraction of sp³-hybridized carbons (Fsp3) is 0.222. The number of benzene rings is 2. The molecule has 3 nitrogen and oxygen atoms in total. The summed E-state index contributed by atoms with van der Waals surface area (Å²) in [6.45, 7) is 3.32. The van der Waals surface area contributed by atoms with Gasteiger partial charge in [-0.3, -0.25) is 0 Å². The Morgan fingerprint density at radius 3 is 2.61 bits per heavy atom. The number of halogens is 2. The third-order valence-corrected chi connectivity index (χ3v) is 3.85. The first-order valence-corrected chi connectivity index (χ1v) is 8.32. The van der Waals surface area contributed by atoms with E-state index in [1.165, 1.54) is 0 Å². The van der Waals surface area contributed by atoms with Crippen LogP contribution in [0.5, 0.6) is 11.5 Å². The van der Waals surface area contributed by atoms with Gasteiger partial charge in [0.1, 0.15) is 6.61 Å². The van der Waals surface area contributed by atoms with Gasteiger partial charge >= 0.3 is 0 Å². The molecule has 120 valence electrons. The summed E-state index contributed by atoms with van der Waals surface area (Å²) >= 11 is 9.40. The van der Waals surface area contributed by atoms with E-state index in [2.05, 4.69) is 27.2 Å². The summed E-state index contributed by atoms with van der Waals surface area (Å²) in [7, 11) is 0. The van der Waals surface area contributed by atoms with Crippen LogP contribution in [0.3, 0.4) is 0 Å². The Morgan fingerprint density at radius 1 is 1.22 bits per heavy atom. The van der Waals surface area contributed by atoms with Crippen molar-refractivity contribution in [2.45, 2.75) is 13.5 Å². The number of nitrogens with one attached hydrogen (secondary N) is 1. The molecule has 0 bridgehead atoms. The van der Waals surface area contributed by atoms with Crippen molar-refractivity contribution in [3.8, 4) is 23.8 Å². The average molecular weight is 395 g/mol. The van der Waals surface area contributed by atoms with Crippen LogP contribution in [0.2, 0.25) is 5.02 Å². The second-order valence-corrected chi connectivity index (χ2v) is 5.98. The van der Waals surface area contributed by atoms with E-state index in [0.29, 0.717) is 29.7 Å². The highest BCUT2D eigenvalue weighted by molar-refractivity contribution is 9.10. The van der Waals surface area contributed by atoms with E-state index in [9.17, 15) is 0 Å². The van der Waals surface area contributed by atoms with E-state index in [0.717, 1.165) is 15.7 Å². The van der Waals surface area contributed by atoms with Crippen LogP contribution in [0, 0.1) is 12.3 Å². The van der Waals surface area contributed by atoms with Crippen LogP contribution in [0.25, 0.3) is 0 Å². The Bertz CT molecular complexity index is 695. The van der Waals surface area contributed by atoms with Crippen molar-refractivity contribution in [3.63, 3.8) is 0 Å².